The molecule has 124 valence electrons. The first-order chi connectivity index (χ1) is 10.0. The van der Waals surface area contributed by atoms with Crippen LogP contribution in [0.3, 0.4) is 0 Å². The minimum absolute atomic E-state index is 0.0245. The largest absolute Gasteiger partial charge is 0.365 e. The smallest absolute Gasteiger partial charge is 0.304 e. The van der Waals surface area contributed by atoms with Crippen LogP contribution in [-0.4, -0.2) is 30.8 Å². The van der Waals surface area contributed by atoms with E-state index in [1.165, 1.54) is 24.3 Å². The molecule has 22 heavy (non-hydrogen) atoms. The van der Waals surface area contributed by atoms with Crippen LogP contribution >= 0.6 is 42.4 Å². The molecule has 0 N–H and O–H groups in total. The Morgan fingerprint density at radius 2 is 1.91 bits per heavy atom. The lowest BCUT2D eigenvalue weighted by molar-refractivity contribution is 0.213. The average molecular weight is 410 g/mol. The molecule has 1 aromatic carbocycles. The van der Waals surface area contributed by atoms with Gasteiger partial charge >= 0.3 is 7.60 Å². The van der Waals surface area contributed by atoms with Crippen molar-refractivity contribution in [1.29, 1.82) is 0 Å². The first-order valence-electron chi connectivity index (χ1n) is 6.02. The summed E-state index contributed by atoms with van der Waals surface area (Å²) < 4.78 is 49.7. The van der Waals surface area contributed by atoms with Crippen LogP contribution in [0.25, 0.3) is 0 Å². The quantitative estimate of drug-likeness (QED) is 0.428. The molecule has 0 aliphatic carbocycles. The molecule has 0 amide bonds. The summed E-state index contributed by atoms with van der Waals surface area (Å²) in [6.45, 7) is 1.56. The van der Waals surface area contributed by atoms with E-state index < -0.39 is 33.5 Å². The number of halogens is 3. The molecule has 1 aromatic rings. The summed E-state index contributed by atoms with van der Waals surface area (Å²) >= 11 is 17.2. The van der Waals surface area contributed by atoms with Crippen molar-refractivity contribution in [2.45, 2.75) is 27.6 Å². The fraction of sp³-hybridized carbons (Fsp3) is 0.455. The van der Waals surface area contributed by atoms with Gasteiger partial charge in [-0.1, -0.05) is 53.0 Å². The van der Waals surface area contributed by atoms with Crippen molar-refractivity contribution in [3.63, 3.8) is 0 Å². The molecule has 1 fully saturated rings. The molecule has 6 nitrogen and oxygen atoms in total. The Labute approximate surface area is 143 Å². The maximum absolute atomic E-state index is 12.6. The maximum atomic E-state index is 12.6. The summed E-state index contributed by atoms with van der Waals surface area (Å²) in [6, 6.07) is 7.19. The standard InChI is InChI=1S/C11H12Cl3O6PS/c1-8-7-18-21(15,19-8)10(11(12,13)14)20-22(16,17)9-5-3-2-4-6-9/h2-6,8,10H,7H2,1H3/t8-,10+,21-/m1/s1. The molecule has 1 aliphatic heterocycles. The lowest BCUT2D eigenvalue weighted by Crippen LogP contribution is -2.31. The Morgan fingerprint density at radius 1 is 1.32 bits per heavy atom. The van der Waals surface area contributed by atoms with Crippen LogP contribution in [0.5, 0.6) is 0 Å². The SMILES string of the molecule is C[C@@H]1CO[P@](=O)([C@H](OS(=O)(=O)c2ccccc2)C(Cl)(Cl)Cl)O1. The van der Waals surface area contributed by atoms with Gasteiger partial charge < -0.3 is 9.05 Å². The van der Waals surface area contributed by atoms with E-state index in [1.54, 1.807) is 13.0 Å². The zero-order valence-corrected chi connectivity index (χ0v) is 15.2. The average Bonchev–Trinajstić information content (AvgIpc) is 2.76. The molecular formula is C11H12Cl3O6PS. The van der Waals surface area contributed by atoms with Crippen molar-refractivity contribution < 1.29 is 26.2 Å². The molecule has 1 saturated heterocycles. The fourth-order valence-electron chi connectivity index (χ4n) is 1.69. The van der Waals surface area contributed by atoms with Gasteiger partial charge in [-0.2, -0.15) is 8.42 Å². The second-order valence-corrected chi connectivity index (χ2v) is 10.5. The first-order valence-corrected chi connectivity index (χ1v) is 10.2. The summed E-state index contributed by atoms with van der Waals surface area (Å²) in [5.41, 5.74) is 0. The van der Waals surface area contributed by atoms with Crippen LogP contribution in [-0.2, 0) is 27.9 Å². The summed E-state index contributed by atoms with van der Waals surface area (Å²) in [6.07, 6.45) is -0.538. The van der Waals surface area contributed by atoms with Gasteiger partial charge in [0.05, 0.1) is 17.6 Å². The minimum atomic E-state index is -4.32. The summed E-state index contributed by atoms with van der Waals surface area (Å²) in [4.78, 5) is -0.173. The molecule has 0 radical (unpaired) electrons. The summed E-state index contributed by atoms with van der Waals surface area (Å²) in [7, 11) is -8.39. The van der Waals surface area contributed by atoms with E-state index in [9.17, 15) is 13.0 Å². The maximum Gasteiger partial charge on any atom is 0.365 e. The third kappa shape index (κ3) is 4.16. The van der Waals surface area contributed by atoms with Crippen LogP contribution in [0.15, 0.2) is 35.2 Å². The zero-order chi connectivity index (χ0) is 16.6. The molecule has 2 rings (SSSR count). The predicted molar refractivity (Wildman–Crippen MR) is 82.9 cm³/mol. The Kier molecular flexibility index (Phi) is 5.52. The third-order valence-corrected chi connectivity index (χ3v) is 7.35. The van der Waals surface area contributed by atoms with Crippen LogP contribution < -0.4 is 0 Å². The zero-order valence-electron chi connectivity index (χ0n) is 11.2. The van der Waals surface area contributed by atoms with Crippen molar-refractivity contribution in [3.05, 3.63) is 30.3 Å². The van der Waals surface area contributed by atoms with Crippen LogP contribution in [0, 0.1) is 0 Å². The van der Waals surface area contributed by atoms with Crippen molar-refractivity contribution in [3.8, 4) is 0 Å². The van der Waals surface area contributed by atoms with Crippen molar-refractivity contribution >= 4 is 52.5 Å². The van der Waals surface area contributed by atoms with Gasteiger partial charge in [0.1, 0.15) is 0 Å². The van der Waals surface area contributed by atoms with Crippen molar-refractivity contribution in [2.75, 3.05) is 6.61 Å². The summed E-state index contributed by atoms with van der Waals surface area (Å²) in [5, 5.41) is 0. The van der Waals surface area contributed by atoms with Crippen LogP contribution in [0.4, 0.5) is 0 Å². The van der Waals surface area contributed by atoms with Gasteiger partial charge in [0.2, 0.25) is 9.64 Å². The highest BCUT2D eigenvalue weighted by molar-refractivity contribution is 7.87. The predicted octanol–water partition coefficient (Wildman–Crippen LogP) is 3.72. The van der Waals surface area contributed by atoms with E-state index in [4.69, 9.17) is 48.0 Å². The number of hydrogen-bond acceptors (Lipinski definition) is 6. The second kappa shape index (κ2) is 6.57. The van der Waals surface area contributed by atoms with Gasteiger partial charge in [0, 0.05) is 0 Å². The van der Waals surface area contributed by atoms with E-state index in [1.807, 2.05) is 0 Å². The van der Waals surface area contributed by atoms with E-state index in [2.05, 4.69) is 0 Å². The second-order valence-electron chi connectivity index (χ2n) is 4.51. The van der Waals surface area contributed by atoms with E-state index in [-0.39, 0.29) is 11.5 Å². The summed E-state index contributed by atoms with van der Waals surface area (Å²) in [5.74, 6) is -1.92. The monoisotopic (exact) mass is 408 g/mol. The van der Waals surface area contributed by atoms with E-state index in [0.717, 1.165) is 0 Å². The number of alkyl halides is 3. The molecule has 1 aliphatic rings. The highest BCUT2D eigenvalue weighted by atomic mass is 35.6. The van der Waals surface area contributed by atoms with Gasteiger partial charge in [-0.05, 0) is 19.1 Å². The molecular weight excluding hydrogens is 398 g/mol. The lowest BCUT2D eigenvalue weighted by atomic mass is 10.4. The van der Waals surface area contributed by atoms with Gasteiger partial charge in [-0.15, -0.1) is 0 Å². The van der Waals surface area contributed by atoms with Crippen molar-refractivity contribution in [2.24, 2.45) is 0 Å². The van der Waals surface area contributed by atoms with E-state index in [0.29, 0.717) is 0 Å². The lowest BCUT2D eigenvalue weighted by Gasteiger charge is -2.27. The molecule has 0 saturated carbocycles. The topological polar surface area (TPSA) is 78.9 Å². The van der Waals surface area contributed by atoms with Crippen molar-refractivity contribution in [1.82, 2.24) is 0 Å². The third-order valence-electron chi connectivity index (χ3n) is 2.63. The van der Waals surface area contributed by atoms with E-state index >= 15 is 0 Å². The molecule has 11 heteroatoms. The van der Waals surface area contributed by atoms with Crippen LogP contribution in [0.2, 0.25) is 0 Å². The fourth-order valence-corrected chi connectivity index (χ4v) is 6.45. The molecule has 0 aromatic heterocycles. The molecule has 0 spiro atoms. The Hall–Kier alpha value is 0.150. The highest BCUT2D eigenvalue weighted by Crippen LogP contribution is 2.64. The van der Waals surface area contributed by atoms with Gasteiger partial charge in [0.15, 0.2) is 0 Å². The highest BCUT2D eigenvalue weighted by Gasteiger charge is 2.55. The van der Waals surface area contributed by atoms with Gasteiger partial charge in [-0.3, -0.25) is 4.57 Å². The van der Waals surface area contributed by atoms with Gasteiger partial charge in [-0.25, -0.2) is 4.18 Å². The Bertz CT molecular complexity index is 675. The molecule has 0 bridgehead atoms. The van der Waals surface area contributed by atoms with Gasteiger partial charge in [0.25, 0.3) is 10.1 Å². The Balaban J connectivity index is 2.35. The normalized spacial score (nSPS) is 27.7. The Morgan fingerprint density at radius 3 is 2.36 bits per heavy atom. The first kappa shape index (κ1) is 18.5. The number of benzene rings is 1. The molecule has 1 heterocycles. The number of rotatable bonds is 4. The molecule has 3 atom stereocenters. The number of hydrogen-bond donors (Lipinski definition) is 0. The molecule has 0 unspecified atom stereocenters. The van der Waals surface area contributed by atoms with Crippen LogP contribution in [0.1, 0.15) is 6.92 Å². The minimum Gasteiger partial charge on any atom is -0.304 e.